The van der Waals surface area contributed by atoms with E-state index in [1.165, 1.54) is 29.4 Å². The lowest BCUT2D eigenvalue weighted by Crippen LogP contribution is -2.49. The van der Waals surface area contributed by atoms with Crippen LogP contribution in [0.1, 0.15) is 29.9 Å². The Morgan fingerprint density at radius 2 is 2.06 bits per heavy atom. The third-order valence-corrected chi connectivity index (χ3v) is 5.05. The van der Waals surface area contributed by atoms with E-state index >= 15 is 0 Å². The Hall–Kier alpha value is -4.49. The molecule has 3 heterocycles. The van der Waals surface area contributed by atoms with Gasteiger partial charge in [-0.3, -0.25) is 19.6 Å². The molecule has 1 atom stereocenters. The highest BCUT2D eigenvalue weighted by atomic mass is 19.1. The predicted molar refractivity (Wildman–Crippen MR) is 128 cm³/mol. The van der Waals surface area contributed by atoms with Crippen molar-refractivity contribution in [2.45, 2.75) is 25.5 Å². The molecule has 1 aliphatic rings. The largest absolute Gasteiger partial charge is 0.489 e. The van der Waals surface area contributed by atoms with Crippen LogP contribution in [0.4, 0.5) is 10.1 Å². The number of carbonyl (C=O) groups is 2. The second kappa shape index (κ2) is 10.0. The summed E-state index contributed by atoms with van der Waals surface area (Å²) in [7, 11) is 1.57. The molecule has 2 aromatic heterocycles. The van der Waals surface area contributed by atoms with E-state index in [9.17, 15) is 19.1 Å². The number of halogens is 1. The second-order valence-corrected chi connectivity index (χ2v) is 8.54. The lowest BCUT2D eigenvalue weighted by molar-refractivity contribution is -0.120. The number of nitrogens with one attached hydrogen (secondary N) is 1. The number of rotatable bonds is 4. The quantitative estimate of drug-likeness (QED) is 0.541. The first-order valence-corrected chi connectivity index (χ1v) is 10.9. The summed E-state index contributed by atoms with van der Waals surface area (Å²) in [6.45, 7) is 3.05. The van der Waals surface area contributed by atoms with Crippen molar-refractivity contribution in [1.29, 1.82) is 0 Å². The molecule has 36 heavy (non-hydrogen) atoms. The number of benzene rings is 1. The first kappa shape index (κ1) is 24.6. The molecule has 0 bridgehead atoms. The van der Waals surface area contributed by atoms with Crippen LogP contribution in [0.15, 0.2) is 55.0 Å². The lowest BCUT2D eigenvalue weighted by atomic mass is 10.1. The predicted octanol–water partition coefficient (Wildman–Crippen LogP) is 2.68. The van der Waals surface area contributed by atoms with E-state index in [1.807, 2.05) is 0 Å². The van der Waals surface area contributed by atoms with Gasteiger partial charge in [-0.2, -0.15) is 0 Å². The van der Waals surface area contributed by atoms with Gasteiger partial charge in [-0.1, -0.05) is 11.8 Å². The van der Waals surface area contributed by atoms with E-state index in [-0.39, 0.29) is 23.8 Å². The van der Waals surface area contributed by atoms with E-state index in [1.54, 1.807) is 39.1 Å². The smallest absolute Gasteiger partial charge is 0.270 e. The Morgan fingerprint density at radius 3 is 2.81 bits per heavy atom. The van der Waals surface area contributed by atoms with Gasteiger partial charge in [0.1, 0.15) is 47.0 Å². The molecule has 4 rings (SSSR count). The molecule has 2 N–H and O–H groups in total. The van der Waals surface area contributed by atoms with Crippen LogP contribution in [0.2, 0.25) is 0 Å². The van der Waals surface area contributed by atoms with Crippen LogP contribution in [-0.2, 0) is 4.79 Å². The summed E-state index contributed by atoms with van der Waals surface area (Å²) in [6, 6.07) is 8.13. The van der Waals surface area contributed by atoms with Crippen molar-refractivity contribution in [2.75, 3.05) is 18.6 Å². The fourth-order valence-corrected chi connectivity index (χ4v) is 3.32. The van der Waals surface area contributed by atoms with Gasteiger partial charge in [0.05, 0.1) is 18.1 Å². The molecule has 0 radical (unpaired) electrons. The fraction of sp³-hybridized carbons (Fsp3) is 0.231. The van der Waals surface area contributed by atoms with Crippen LogP contribution in [0, 0.1) is 17.7 Å². The van der Waals surface area contributed by atoms with Gasteiger partial charge in [0, 0.05) is 30.9 Å². The fourth-order valence-electron chi connectivity index (χ4n) is 3.32. The monoisotopic (exact) mass is 490 g/mol. The van der Waals surface area contributed by atoms with Crippen LogP contribution < -0.4 is 19.7 Å². The third kappa shape index (κ3) is 5.95. The number of hydrogen-bond acceptors (Lipinski definition) is 7. The number of likely N-dealkylation sites (N-methyl/N-ethyl adjacent to an activating group) is 1. The number of amides is 2. The van der Waals surface area contributed by atoms with Crippen molar-refractivity contribution in [3.05, 3.63) is 72.1 Å². The molecule has 0 spiro atoms. The van der Waals surface area contributed by atoms with Gasteiger partial charge in [-0.25, -0.2) is 4.39 Å². The number of aliphatic hydroxyl groups is 1. The van der Waals surface area contributed by atoms with Crippen LogP contribution in [0.5, 0.6) is 17.2 Å². The van der Waals surface area contributed by atoms with Crippen molar-refractivity contribution in [2.24, 2.45) is 0 Å². The second-order valence-electron chi connectivity index (χ2n) is 8.54. The summed E-state index contributed by atoms with van der Waals surface area (Å²) in [4.78, 5) is 35.1. The number of anilines is 1. The first-order chi connectivity index (χ1) is 17.1. The van der Waals surface area contributed by atoms with Gasteiger partial charge in [0.2, 0.25) is 0 Å². The number of fused-ring (bicyclic) bond motifs is 1. The Morgan fingerprint density at radius 1 is 1.25 bits per heavy atom. The highest BCUT2D eigenvalue weighted by Crippen LogP contribution is 2.31. The summed E-state index contributed by atoms with van der Waals surface area (Å²) in [5.41, 5.74) is -0.0869. The zero-order valence-electron chi connectivity index (χ0n) is 19.8. The molecule has 2 amide bonds. The minimum Gasteiger partial charge on any atom is -0.489 e. The average molecular weight is 490 g/mol. The average Bonchev–Trinajstić information content (AvgIpc) is 2.94. The molecule has 184 valence electrons. The number of ether oxygens (including phenoxy) is 2. The Labute approximate surface area is 206 Å². The highest BCUT2D eigenvalue weighted by molar-refractivity contribution is 6.03. The maximum absolute atomic E-state index is 13.4. The van der Waals surface area contributed by atoms with Gasteiger partial charge in [-0.05, 0) is 38.1 Å². The lowest BCUT2D eigenvalue weighted by Gasteiger charge is -2.20. The van der Waals surface area contributed by atoms with E-state index in [4.69, 9.17) is 9.47 Å². The SMILES string of the molecule is CN1C(=O)C(NC(=O)c2cc(Oc3cncc(F)c3)ccn2)COc2ccc(C#CC(C)(C)O)cc21. The Balaban J connectivity index is 1.48. The molecule has 0 fully saturated rings. The van der Waals surface area contributed by atoms with Crippen LogP contribution in [-0.4, -0.2) is 52.2 Å². The molecule has 9 nitrogen and oxygen atoms in total. The first-order valence-electron chi connectivity index (χ1n) is 10.9. The van der Waals surface area contributed by atoms with Crippen LogP contribution in [0.25, 0.3) is 0 Å². The summed E-state index contributed by atoms with van der Waals surface area (Å²) >= 11 is 0. The summed E-state index contributed by atoms with van der Waals surface area (Å²) in [5, 5.41) is 12.5. The van der Waals surface area contributed by atoms with Gasteiger partial charge in [-0.15, -0.1) is 0 Å². The maximum atomic E-state index is 13.4. The number of nitrogens with zero attached hydrogens (tertiary/aromatic N) is 3. The van der Waals surface area contributed by atoms with Crippen LogP contribution >= 0.6 is 0 Å². The topological polar surface area (TPSA) is 114 Å². The maximum Gasteiger partial charge on any atom is 0.270 e. The van der Waals surface area contributed by atoms with E-state index < -0.39 is 29.3 Å². The third-order valence-electron chi connectivity index (χ3n) is 5.05. The summed E-state index contributed by atoms with van der Waals surface area (Å²) < 4.78 is 24.7. The Bertz CT molecular complexity index is 1380. The molecule has 0 saturated carbocycles. The zero-order chi connectivity index (χ0) is 25.9. The summed E-state index contributed by atoms with van der Waals surface area (Å²) in [6.07, 6.45) is 3.74. The van der Waals surface area contributed by atoms with E-state index in [2.05, 4.69) is 27.1 Å². The number of carbonyl (C=O) groups excluding carboxylic acids is 2. The van der Waals surface area contributed by atoms with Crippen molar-refractivity contribution in [1.82, 2.24) is 15.3 Å². The van der Waals surface area contributed by atoms with Gasteiger partial charge < -0.3 is 24.8 Å². The number of pyridine rings is 2. The normalized spacial score (nSPS) is 15.1. The molecule has 1 aliphatic heterocycles. The minimum atomic E-state index is -1.16. The van der Waals surface area contributed by atoms with Crippen molar-refractivity contribution < 1.29 is 28.6 Å². The zero-order valence-corrected chi connectivity index (χ0v) is 19.8. The molecule has 3 aromatic rings. The molecular weight excluding hydrogens is 467 g/mol. The summed E-state index contributed by atoms with van der Waals surface area (Å²) in [5.74, 6) is 4.88. The molecule has 10 heteroatoms. The van der Waals surface area contributed by atoms with Gasteiger partial charge >= 0.3 is 0 Å². The van der Waals surface area contributed by atoms with Crippen molar-refractivity contribution in [3.63, 3.8) is 0 Å². The van der Waals surface area contributed by atoms with E-state index in [0.29, 0.717) is 17.0 Å². The van der Waals surface area contributed by atoms with Crippen LogP contribution in [0.3, 0.4) is 0 Å². The number of aromatic nitrogens is 2. The standard InChI is InChI=1S/C26H23FN4O5/c1-26(2,34)8-6-16-4-5-23-22(10-16)31(3)25(33)21(15-35-23)30-24(32)20-12-18(7-9-29-20)36-19-11-17(27)13-28-14-19/h4-5,7,9-14,21,34H,15H2,1-3H3,(H,30,32). The van der Waals surface area contributed by atoms with Crippen molar-refractivity contribution >= 4 is 17.5 Å². The molecule has 1 unspecified atom stereocenters. The Kier molecular flexibility index (Phi) is 6.85. The molecule has 0 saturated heterocycles. The number of hydrogen-bond donors (Lipinski definition) is 2. The molecule has 0 aliphatic carbocycles. The van der Waals surface area contributed by atoms with Gasteiger partial charge in [0.25, 0.3) is 11.8 Å². The van der Waals surface area contributed by atoms with Crippen molar-refractivity contribution in [3.8, 4) is 29.1 Å². The van der Waals surface area contributed by atoms with Gasteiger partial charge in [0.15, 0.2) is 0 Å². The highest BCUT2D eigenvalue weighted by Gasteiger charge is 2.31. The minimum absolute atomic E-state index is 0.00162. The molecular formula is C26H23FN4O5. The molecule has 1 aromatic carbocycles. The van der Waals surface area contributed by atoms with E-state index in [0.717, 1.165) is 12.3 Å².